The molecule has 0 saturated carbocycles. The van der Waals surface area contributed by atoms with Crippen LogP contribution in [0, 0.1) is 0 Å². The van der Waals surface area contributed by atoms with Crippen molar-refractivity contribution >= 4 is 11.6 Å². The minimum atomic E-state index is -0.118. The van der Waals surface area contributed by atoms with E-state index in [1.165, 1.54) is 0 Å². The fourth-order valence-corrected chi connectivity index (χ4v) is 2.77. The molecular weight excluding hydrogens is 380 g/mol. The van der Waals surface area contributed by atoms with Crippen LogP contribution in [0.25, 0.3) is 0 Å². The average molecular weight is 406 g/mol. The van der Waals surface area contributed by atoms with Crippen LogP contribution in [0.5, 0.6) is 17.2 Å². The third-order valence-electron chi connectivity index (χ3n) is 4.26. The van der Waals surface area contributed by atoms with Crippen molar-refractivity contribution in [3.8, 4) is 17.2 Å². The van der Waals surface area contributed by atoms with Crippen LogP contribution in [0.15, 0.2) is 78.9 Å². The van der Waals surface area contributed by atoms with E-state index in [1.807, 2.05) is 72.8 Å². The predicted molar refractivity (Wildman–Crippen MR) is 117 cm³/mol. The number of ether oxygens (including phenoxy) is 3. The maximum absolute atomic E-state index is 12.2. The van der Waals surface area contributed by atoms with Crippen molar-refractivity contribution in [2.45, 2.75) is 6.54 Å². The number of benzene rings is 3. The first-order valence-electron chi connectivity index (χ1n) is 9.77. The van der Waals surface area contributed by atoms with Gasteiger partial charge in [0.25, 0.3) is 0 Å². The highest BCUT2D eigenvalue weighted by Gasteiger charge is 2.04. The van der Waals surface area contributed by atoms with Crippen LogP contribution in [-0.4, -0.2) is 32.8 Å². The highest BCUT2D eigenvalue weighted by molar-refractivity contribution is 5.92. The Balaban J connectivity index is 1.37. The fraction of sp³-hybridized carbons (Fsp3) is 0.208. The van der Waals surface area contributed by atoms with Crippen molar-refractivity contribution in [2.24, 2.45) is 0 Å². The highest BCUT2D eigenvalue weighted by atomic mass is 16.5. The molecule has 3 aromatic rings. The van der Waals surface area contributed by atoms with E-state index in [9.17, 15) is 4.79 Å². The van der Waals surface area contributed by atoms with E-state index in [2.05, 4.69) is 10.6 Å². The van der Waals surface area contributed by atoms with Gasteiger partial charge in [-0.1, -0.05) is 36.4 Å². The quantitative estimate of drug-likeness (QED) is 0.473. The minimum absolute atomic E-state index is 0.118. The number of amides is 1. The lowest BCUT2D eigenvalue weighted by Crippen LogP contribution is -2.27. The van der Waals surface area contributed by atoms with Crippen molar-refractivity contribution in [3.05, 3.63) is 84.4 Å². The smallest absolute Gasteiger partial charge is 0.238 e. The molecule has 0 spiro atoms. The van der Waals surface area contributed by atoms with E-state index in [0.29, 0.717) is 31.2 Å². The SMILES string of the molecule is COc1ccc(CNCC(=O)Nc2cccc(OCCOc3ccccc3)c2)cc1. The summed E-state index contributed by atoms with van der Waals surface area (Å²) < 4.78 is 16.4. The Labute approximate surface area is 176 Å². The third kappa shape index (κ3) is 7.14. The number of para-hydroxylation sites is 1. The molecule has 0 saturated heterocycles. The Morgan fingerprint density at radius 3 is 2.23 bits per heavy atom. The van der Waals surface area contributed by atoms with Gasteiger partial charge in [-0.05, 0) is 42.0 Å². The van der Waals surface area contributed by atoms with Crippen molar-refractivity contribution < 1.29 is 19.0 Å². The fourth-order valence-electron chi connectivity index (χ4n) is 2.77. The van der Waals surface area contributed by atoms with E-state index in [0.717, 1.165) is 17.1 Å². The van der Waals surface area contributed by atoms with Crippen molar-refractivity contribution in [1.82, 2.24) is 5.32 Å². The Bertz CT molecular complexity index is 914. The molecule has 1 amide bonds. The van der Waals surface area contributed by atoms with Crippen LogP contribution < -0.4 is 24.8 Å². The van der Waals surface area contributed by atoms with Crippen LogP contribution in [-0.2, 0) is 11.3 Å². The molecule has 156 valence electrons. The van der Waals surface area contributed by atoms with Gasteiger partial charge in [-0.3, -0.25) is 4.79 Å². The van der Waals surface area contributed by atoms with E-state index >= 15 is 0 Å². The maximum Gasteiger partial charge on any atom is 0.238 e. The summed E-state index contributed by atoms with van der Waals surface area (Å²) in [5.41, 5.74) is 1.77. The van der Waals surface area contributed by atoms with Crippen LogP contribution >= 0.6 is 0 Å². The molecule has 3 aromatic carbocycles. The highest BCUT2D eigenvalue weighted by Crippen LogP contribution is 2.17. The molecule has 0 bridgehead atoms. The summed E-state index contributed by atoms with van der Waals surface area (Å²) in [5.74, 6) is 2.18. The molecule has 0 aliphatic carbocycles. The molecule has 0 heterocycles. The van der Waals surface area contributed by atoms with Crippen molar-refractivity contribution in [1.29, 1.82) is 0 Å². The second kappa shape index (κ2) is 11.5. The van der Waals surface area contributed by atoms with Crippen LogP contribution in [0.3, 0.4) is 0 Å². The number of anilines is 1. The Morgan fingerprint density at radius 2 is 1.50 bits per heavy atom. The molecule has 3 rings (SSSR count). The molecule has 6 heteroatoms. The number of rotatable bonds is 11. The normalized spacial score (nSPS) is 10.3. The molecule has 0 aliphatic heterocycles. The molecular formula is C24H26N2O4. The summed E-state index contributed by atoms with van der Waals surface area (Å²) in [6.07, 6.45) is 0. The van der Waals surface area contributed by atoms with Crippen LogP contribution in [0.2, 0.25) is 0 Å². The van der Waals surface area contributed by atoms with Gasteiger partial charge in [0.15, 0.2) is 0 Å². The van der Waals surface area contributed by atoms with Gasteiger partial charge in [0.05, 0.1) is 13.7 Å². The number of nitrogens with one attached hydrogen (secondary N) is 2. The minimum Gasteiger partial charge on any atom is -0.497 e. The van der Waals surface area contributed by atoms with Gasteiger partial charge in [-0.2, -0.15) is 0 Å². The lowest BCUT2D eigenvalue weighted by Gasteiger charge is -2.11. The standard InChI is InChI=1S/C24H26N2O4/c1-28-21-12-10-19(11-13-21)17-25-18-24(27)26-20-6-5-9-23(16-20)30-15-14-29-22-7-3-2-4-8-22/h2-13,16,25H,14-15,17-18H2,1H3,(H,26,27). The second-order valence-electron chi connectivity index (χ2n) is 6.54. The molecule has 0 aromatic heterocycles. The van der Waals surface area contributed by atoms with Gasteiger partial charge in [0.2, 0.25) is 5.91 Å². The van der Waals surface area contributed by atoms with Crippen LogP contribution in [0.4, 0.5) is 5.69 Å². The van der Waals surface area contributed by atoms with Gasteiger partial charge in [0.1, 0.15) is 30.5 Å². The topological polar surface area (TPSA) is 68.8 Å². The summed E-state index contributed by atoms with van der Waals surface area (Å²) in [5, 5.41) is 6.00. The van der Waals surface area contributed by atoms with Gasteiger partial charge in [-0.25, -0.2) is 0 Å². The number of methoxy groups -OCH3 is 1. The molecule has 0 radical (unpaired) electrons. The molecule has 30 heavy (non-hydrogen) atoms. The number of hydrogen-bond acceptors (Lipinski definition) is 5. The van der Waals surface area contributed by atoms with Crippen molar-refractivity contribution in [3.63, 3.8) is 0 Å². The molecule has 0 aliphatic rings. The van der Waals surface area contributed by atoms with Gasteiger partial charge in [0, 0.05) is 18.3 Å². The van der Waals surface area contributed by atoms with Gasteiger partial charge in [-0.15, -0.1) is 0 Å². The Morgan fingerprint density at radius 1 is 0.800 bits per heavy atom. The van der Waals surface area contributed by atoms with E-state index in [-0.39, 0.29) is 12.5 Å². The molecule has 6 nitrogen and oxygen atoms in total. The van der Waals surface area contributed by atoms with Gasteiger partial charge >= 0.3 is 0 Å². The van der Waals surface area contributed by atoms with E-state index in [4.69, 9.17) is 14.2 Å². The zero-order valence-corrected chi connectivity index (χ0v) is 17.0. The predicted octanol–water partition coefficient (Wildman–Crippen LogP) is 3.88. The largest absolute Gasteiger partial charge is 0.497 e. The summed E-state index contributed by atoms with van der Waals surface area (Å²) in [7, 11) is 1.64. The summed E-state index contributed by atoms with van der Waals surface area (Å²) in [6.45, 7) is 1.66. The number of carbonyl (C=O) groups is 1. The van der Waals surface area contributed by atoms with Crippen LogP contribution in [0.1, 0.15) is 5.56 Å². The number of hydrogen-bond donors (Lipinski definition) is 2. The number of carbonyl (C=O) groups excluding carboxylic acids is 1. The first-order chi connectivity index (χ1) is 14.7. The molecule has 2 N–H and O–H groups in total. The zero-order chi connectivity index (χ0) is 21.0. The van der Waals surface area contributed by atoms with Crippen molar-refractivity contribution in [2.75, 3.05) is 32.2 Å². The maximum atomic E-state index is 12.2. The van der Waals surface area contributed by atoms with E-state index < -0.39 is 0 Å². The average Bonchev–Trinajstić information content (AvgIpc) is 2.78. The Hall–Kier alpha value is -3.51. The zero-order valence-electron chi connectivity index (χ0n) is 17.0. The third-order valence-corrected chi connectivity index (χ3v) is 4.26. The van der Waals surface area contributed by atoms with Gasteiger partial charge < -0.3 is 24.8 Å². The second-order valence-corrected chi connectivity index (χ2v) is 6.54. The lowest BCUT2D eigenvalue weighted by molar-refractivity contribution is -0.115. The first kappa shape index (κ1) is 21.2. The molecule has 0 fully saturated rings. The summed E-state index contributed by atoms with van der Waals surface area (Å²) in [6, 6.07) is 24.6. The monoisotopic (exact) mass is 406 g/mol. The summed E-state index contributed by atoms with van der Waals surface area (Å²) >= 11 is 0. The molecule has 0 unspecified atom stereocenters. The van der Waals surface area contributed by atoms with E-state index in [1.54, 1.807) is 13.2 Å². The first-order valence-corrected chi connectivity index (χ1v) is 9.77. The lowest BCUT2D eigenvalue weighted by atomic mass is 10.2. The molecule has 0 atom stereocenters. The Kier molecular flexibility index (Phi) is 8.12. The summed E-state index contributed by atoms with van der Waals surface area (Å²) in [4.78, 5) is 12.2.